The fourth-order valence-corrected chi connectivity index (χ4v) is 4.98. The van der Waals surface area contributed by atoms with Crippen LogP contribution in [0.2, 0.25) is 5.02 Å². The molecule has 1 atom stereocenters. The van der Waals surface area contributed by atoms with Gasteiger partial charge in [0.2, 0.25) is 5.91 Å². The molecule has 0 saturated carbocycles. The number of aliphatic imine (C=N–C) groups is 1. The van der Waals surface area contributed by atoms with E-state index in [1.807, 2.05) is 48.7 Å². The fourth-order valence-electron chi connectivity index (χ4n) is 4.86. The average molecular weight is 603 g/mol. The van der Waals surface area contributed by atoms with Gasteiger partial charge < -0.3 is 25.6 Å². The molecule has 1 unspecified atom stereocenters. The number of aromatic nitrogens is 3. The molecule has 1 aliphatic heterocycles. The highest BCUT2D eigenvalue weighted by atomic mass is 35.5. The summed E-state index contributed by atoms with van der Waals surface area (Å²) in [6, 6.07) is 16.6. The summed E-state index contributed by atoms with van der Waals surface area (Å²) in [4.78, 5) is 30.1. The van der Waals surface area contributed by atoms with Gasteiger partial charge in [0.05, 0.1) is 30.0 Å². The van der Waals surface area contributed by atoms with E-state index in [1.165, 1.54) is 18.2 Å². The fraction of sp³-hybridized carbons (Fsp3) is 0.258. The van der Waals surface area contributed by atoms with Crippen molar-refractivity contribution < 1.29 is 24.5 Å². The molecule has 3 aromatic carbocycles. The van der Waals surface area contributed by atoms with Crippen molar-refractivity contribution in [3.05, 3.63) is 94.0 Å². The van der Waals surface area contributed by atoms with Crippen molar-refractivity contribution in [3.8, 4) is 22.9 Å². The van der Waals surface area contributed by atoms with E-state index < -0.39 is 17.7 Å². The first-order valence-electron chi connectivity index (χ1n) is 13.9. The molecule has 11 nitrogen and oxygen atoms in total. The Morgan fingerprint density at radius 3 is 2.60 bits per heavy atom. The van der Waals surface area contributed by atoms with Crippen molar-refractivity contribution >= 4 is 29.1 Å². The summed E-state index contributed by atoms with van der Waals surface area (Å²) in [5, 5.41) is 34.4. The Morgan fingerprint density at radius 2 is 1.84 bits per heavy atom. The molecule has 1 aliphatic rings. The van der Waals surface area contributed by atoms with Gasteiger partial charge in [-0.15, -0.1) is 10.2 Å². The minimum atomic E-state index is -0.579. The monoisotopic (exact) mass is 602 g/mol. The van der Waals surface area contributed by atoms with Crippen molar-refractivity contribution in [2.75, 3.05) is 19.7 Å². The number of amides is 2. The second-order valence-electron chi connectivity index (χ2n) is 9.91. The van der Waals surface area contributed by atoms with Gasteiger partial charge in [-0.05, 0) is 62.7 Å². The van der Waals surface area contributed by atoms with Crippen LogP contribution in [0.5, 0.6) is 17.2 Å². The number of phenolic OH excluding ortho intramolecular Hbond substituents is 2. The van der Waals surface area contributed by atoms with Crippen LogP contribution in [0.3, 0.4) is 0 Å². The number of hydrogen-bond acceptors (Lipinski definition) is 8. The number of rotatable bonds is 10. The standard InChI is InChI=1S/C31H31ClN6O5/c1-3-33-27(40)17-24-30-37-36-18(2)38(30)25-13-12-21(16-23(25)28(35-24)19-8-10-20(32)11-9-19)43-15-5-14-34-31(42)22-6-4-7-26(39)29(22)41/h4,6-13,16,24,39,41H,3,5,14-15,17H2,1-2H3,(H,33,40)(H,34,42). The Balaban J connectivity index is 1.39. The molecule has 2 amide bonds. The first kappa shape index (κ1) is 29.6. The number of carbonyl (C=O) groups is 2. The maximum atomic E-state index is 12.7. The SMILES string of the molecule is CCNC(=O)CC1N=C(c2ccc(Cl)cc2)c2cc(OCCCNC(=O)c3cccc(O)c3O)ccc2-n2c(C)nnc21. The van der Waals surface area contributed by atoms with E-state index in [0.717, 1.165) is 16.8 Å². The van der Waals surface area contributed by atoms with Crippen LogP contribution in [0.4, 0.5) is 0 Å². The molecule has 0 saturated heterocycles. The molecule has 0 bridgehead atoms. The highest BCUT2D eigenvalue weighted by Gasteiger charge is 2.30. The molecule has 222 valence electrons. The number of phenols is 2. The van der Waals surface area contributed by atoms with E-state index in [-0.39, 0.29) is 23.6 Å². The molecule has 0 aliphatic carbocycles. The van der Waals surface area contributed by atoms with E-state index >= 15 is 0 Å². The van der Waals surface area contributed by atoms with Crippen LogP contribution in [0.25, 0.3) is 5.69 Å². The molecule has 0 fully saturated rings. The maximum absolute atomic E-state index is 12.7. The molecule has 2 heterocycles. The molecular weight excluding hydrogens is 572 g/mol. The largest absolute Gasteiger partial charge is 0.504 e. The van der Waals surface area contributed by atoms with Crippen molar-refractivity contribution in [3.63, 3.8) is 0 Å². The number of para-hydroxylation sites is 1. The summed E-state index contributed by atoms with van der Waals surface area (Å²) in [5.41, 5.74) is 3.05. The van der Waals surface area contributed by atoms with Gasteiger partial charge in [-0.25, -0.2) is 0 Å². The topological polar surface area (TPSA) is 151 Å². The van der Waals surface area contributed by atoms with E-state index in [9.17, 15) is 19.8 Å². The van der Waals surface area contributed by atoms with Crippen molar-refractivity contribution in [1.29, 1.82) is 0 Å². The van der Waals surface area contributed by atoms with Crippen molar-refractivity contribution in [2.24, 2.45) is 4.99 Å². The Morgan fingerprint density at radius 1 is 1.05 bits per heavy atom. The number of nitrogens with one attached hydrogen (secondary N) is 2. The summed E-state index contributed by atoms with van der Waals surface area (Å²) in [6.07, 6.45) is 0.594. The van der Waals surface area contributed by atoms with Gasteiger partial charge in [0, 0.05) is 29.2 Å². The zero-order valence-corrected chi connectivity index (χ0v) is 24.4. The third-order valence-electron chi connectivity index (χ3n) is 6.90. The van der Waals surface area contributed by atoms with Crippen molar-refractivity contribution in [2.45, 2.75) is 32.7 Å². The Labute approximate surface area is 253 Å². The number of carbonyl (C=O) groups excluding carboxylic acids is 2. The van der Waals surface area contributed by atoms with Crippen LogP contribution in [-0.2, 0) is 4.79 Å². The summed E-state index contributed by atoms with van der Waals surface area (Å²) in [5.74, 6) is 0.365. The zero-order valence-electron chi connectivity index (χ0n) is 23.7. The van der Waals surface area contributed by atoms with Gasteiger partial charge in [-0.1, -0.05) is 29.8 Å². The molecule has 0 radical (unpaired) electrons. The van der Waals surface area contributed by atoms with Crippen LogP contribution < -0.4 is 15.4 Å². The van der Waals surface area contributed by atoms with Crippen LogP contribution in [-0.4, -0.2) is 62.2 Å². The number of aromatic hydroxyl groups is 2. The van der Waals surface area contributed by atoms with Crippen LogP contribution in [0.1, 0.15) is 58.9 Å². The summed E-state index contributed by atoms with van der Waals surface area (Å²) < 4.78 is 7.97. The second kappa shape index (κ2) is 13.0. The lowest BCUT2D eigenvalue weighted by atomic mass is 10.00. The number of ether oxygens (including phenoxy) is 1. The Hall–Kier alpha value is -4.90. The molecule has 0 spiro atoms. The average Bonchev–Trinajstić information content (AvgIpc) is 3.31. The van der Waals surface area contributed by atoms with Crippen LogP contribution >= 0.6 is 11.6 Å². The van der Waals surface area contributed by atoms with E-state index in [2.05, 4.69) is 20.8 Å². The number of halogens is 1. The lowest BCUT2D eigenvalue weighted by Gasteiger charge is -2.15. The van der Waals surface area contributed by atoms with E-state index in [0.29, 0.717) is 54.2 Å². The molecular formula is C31H31ClN6O5. The van der Waals surface area contributed by atoms with Gasteiger partial charge in [0.1, 0.15) is 17.6 Å². The number of hydrogen-bond donors (Lipinski definition) is 4. The predicted octanol–water partition coefficient (Wildman–Crippen LogP) is 4.26. The number of nitrogens with zero attached hydrogens (tertiary/aromatic N) is 4. The lowest BCUT2D eigenvalue weighted by molar-refractivity contribution is -0.121. The Kier molecular flexibility index (Phi) is 8.91. The van der Waals surface area contributed by atoms with Crippen LogP contribution in [0.15, 0.2) is 65.7 Å². The predicted molar refractivity (Wildman–Crippen MR) is 161 cm³/mol. The minimum absolute atomic E-state index is 0.00480. The van der Waals surface area contributed by atoms with Gasteiger partial charge in [-0.2, -0.15) is 0 Å². The first-order valence-corrected chi connectivity index (χ1v) is 14.2. The first-order chi connectivity index (χ1) is 20.8. The molecule has 4 N–H and O–H groups in total. The third-order valence-corrected chi connectivity index (χ3v) is 7.15. The zero-order chi connectivity index (χ0) is 30.5. The summed E-state index contributed by atoms with van der Waals surface area (Å²) in [6.45, 7) is 4.82. The smallest absolute Gasteiger partial charge is 0.255 e. The second-order valence-corrected chi connectivity index (χ2v) is 10.3. The summed E-state index contributed by atoms with van der Waals surface area (Å²) >= 11 is 6.18. The van der Waals surface area contributed by atoms with Gasteiger partial charge in [0.25, 0.3) is 5.91 Å². The van der Waals surface area contributed by atoms with E-state index in [1.54, 1.807) is 12.1 Å². The quantitative estimate of drug-likeness (QED) is 0.156. The molecule has 4 aromatic rings. The number of aryl methyl sites for hydroxylation is 1. The highest BCUT2D eigenvalue weighted by molar-refractivity contribution is 6.30. The molecule has 43 heavy (non-hydrogen) atoms. The van der Waals surface area contributed by atoms with Gasteiger partial charge in [0.15, 0.2) is 17.3 Å². The number of benzene rings is 3. The summed E-state index contributed by atoms with van der Waals surface area (Å²) in [7, 11) is 0. The number of fused-ring (bicyclic) bond motifs is 3. The van der Waals surface area contributed by atoms with Gasteiger partial charge in [-0.3, -0.25) is 19.1 Å². The molecule has 1 aromatic heterocycles. The van der Waals surface area contributed by atoms with Gasteiger partial charge >= 0.3 is 0 Å². The maximum Gasteiger partial charge on any atom is 0.255 e. The minimum Gasteiger partial charge on any atom is -0.504 e. The van der Waals surface area contributed by atoms with Crippen molar-refractivity contribution in [1.82, 2.24) is 25.4 Å². The van der Waals surface area contributed by atoms with E-state index in [4.69, 9.17) is 21.3 Å². The Bertz CT molecular complexity index is 1680. The molecule has 12 heteroatoms. The third kappa shape index (κ3) is 6.46. The normalized spacial score (nSPS) is 13.7. The highest BCUT2D eigenvalue weighted by Crippen LogP contribution is 2.34. The molecule has 5 rings (SSSR count). The lowest BCUT2D eigenvalue weighted by Crippen LogP contribution is -2.25. The van der Waals surface area contributed by atoms with Crippen LogP contribution in [0, 0.1) is 6.92 Å².